The second-order valence-corrected chi connectivity index (χ2v) is 7.91. The molecule has 28 heavy (non-hydrogen) atoms. The zero-order valence-electron chi connectivity index (χ0n) is 15.3. The normalized spacial score (nSPS) is 14.6. The molecule has 0 atom stereocenters. The average Bonchev–Trinajstić information content (AvgIpc) is 3.09. The predicted octanol–water partition coefficient (Wildman–Crippen LogP) is 5.33. The molecule has 0 N–H and O–H groups in total. The van der Waals surface area contributed by atoms with E-state index in [1.807, 2.05) is 18.5 Å². The molecule has 4 aromatic rings. The molecule has 132 valence electrons. The Morgan fingerprint density at radius 1 is 0.643 bits per heavy atom. The molecule has 0 spiro atoms. The summed E-state index contributed by atoms with van der Waals surface area (Å²) in [6.45, 7) is 0. The van der Waals surface area contributed by atoms with Crippen molar-refractivity contribution < 1.29 is 0 Å². The molecule has 2 aromatic heterocycles. The van der Waals surface area contributed by atoms with Crippen molar-refractivity contribution >= 4 is 17.2 Å². The van der Waals surface area contributed by atoms with Crippen LogP contribution in [0.3, 0.4) is 0 Å². The van der Waals surface area contributed by atoms with Crippen LogP contribution in [0.25, 0.3) is 11.1 Å². The van der Waals surface area contributed by atoms with E-state index in [1.54, 1.807) is 0 Å². The lowest BCUT2D eigenvalue weighted by Crippen LogP contribution is -2.26. The second-order valence-electron chi connectivity index (χ2n) is 7.91. The van der Waals surface area contributed by atoms with Crippen molar-refractivity contribution in [2.45, 2.75) is 19.3 Å². The molecule has 7 rings (SSSR count). The number of fused-ring (bicyclic) bond motifs is 7. The van der Waals surface area contributed by atoms with Gasteiger partial charge in [-0.15, -0.1) is 0 Å². The Hall–Kier alpha value is -3.46. The van der Waals surface area contributed by atoms with Gasteiger partial charge in [-0.2, -0.15) is 0 Å². The van der Waals surface area contributed by atoms with Crippen molar-refractivity contribution in [3.63, 3.8) is 0 Å². The van der Waals surface area contributed by atoms with Crippen LogP contribution < -0.4 is 4.90 Å². The molecule has 0 bridgehead atoms. The van der Waals surface area contributed by atoms with Crippen molar-refractivity contribution in [2.24, 2.45) is 0 Å². The number of rotatable bonds is 0. The standard InChI is InChI=1S/C25H17N3/c1-2-6-20-15(4-1)10-18-12-19-11-16-7-9-26-22-13-17-5-3-8-27-25(17)28(24(16)22)23(19)14-21(18)20/h1-9,12,14H,10-11,13H2. The van der Waals surface area contributed by atoms with Gasteiger partial charge in [-0.3, -0.25) is 9.88 Å². The Labute approximate surface area is 163 Å². The molecular weight excluding hydrogens is 342 g/mol. The van der Waals surface area contributed by atoms with E-state index in [0.717, 1.165) is 30.8 Å². The third-order valence-electron chi connectivity index (χ3n) is 6.36. The van der Waals surface area contributed by atoms with E-state index in [0.29, 0.717) is 0 Å². The molecule has 0 saturated carbocycles. The lowest BCUT2D eigenvalue weighted by molar-refractivity contribution is 0.938. The molecule has 0 radical (unpaired) electrons. The van der Waals surface area contributed by atoms with Crippen molar-refractivity contribution in [1.82, 2.24) is 9.97 Å². The Morgan fingerprint density at radius 2 is 1.54 bits per heavy atom. The van der Waals surface area contributed by atoms with Crippen LogP contribution in [0.4, 0.5) is 17.2 Å². The fraction of sp³-hybridized carbons (Fsp3) is 0.120. The summed E-state index contributed by atoms with van der Waals surface area (Å²) in [6.07, 6.45) is 6.70. The predicted molar refractivity (Wildman–Crippen MR) is 111 cm³/mol. The van der Waals surface area contributed by atoms with Gasteiger partial charge in [0.2, 0.25) is 0 Å². The van der Waals surface area contributed by atoms with Crippen LogP contribution in [0.2, 0.25) is 0 Å². The van der Waals surface area contributed by atoms with Crippen molar-refractivity contribution in [3.8, 4) is 11.1 Å². The minimum absolute atomic E-state index is 0.853. The molecule has 0 unspecified atom stereocenters. The number of nitrogens with zero attached hydrogens (tertiary/aromatic N) is 3. The van der Waals surface area contributed by atoms with Gasteiger partial charge in [-0.25, -0.2) is 4.98 Å². The summed E-state index contributed by atoms with van der Waals surface area (Å²) in [5.41, 5.74) is 13.2. The summed E-state index contributed by atoms with van der Waals surface area (Å²) in [4.78, 5) is 11.9. The van der Waals surface area contributed by atoms with Crippen LogP contribution in [-0.4, -0.2) is 9.97 Å². The van der Waals surface area contributed by atoms with E-state index in [1.165, 1.54) is 50.3 Å². The molecule has 2 aromatic carbocycles. The minimum atomic E-state index is 0.853. The summed E-state index contributed by atoms with van der Waals surface area (Å²) in [6, 6.07) is 20.0. The summed E-state index contributed by atoms with van der Waals surface area (Å²) in [7, 11) is 0. The van der Waals surface area contributed by atoms with Crippen LogP contribution in [0.5, 0.6) is 0 Å². The molecule has 0 saturated heterocycles. The zero-order chi connectivity index (χ0) is 18.2. The fourth-order valence-electron chi connectivity index (χ4n) is 5.16. The molecule has 3 aliphatic rings. The van der Waals surface area contributed by atoms with E-state index >= 15 is 0 Å². The third-order valence-corrected chi connectivity index (χ3v) is 6.36. The van der Waals surface area contributed by atoms with Gasteiger partial charge in [0.05, 0.1) is 17.1 Å². The van der Waals surface area contributed by atoms with Gasteiger partial charge in [-0.1, -0.05) is 36.4 Å². The first-order chi connectivity index (χ1) is 13.9. The number of hydrogen-bond donors (Lipinski definition) is 0. The maximum atomic E-state index is 4.78. The molecule has 3 heteroatoms. The first-order valence-corrected chi connectivity index (χ1v) is 9.82. The maximum Gasteiger partial charge on any atom is 0.141 e. The minimum Gasteiger partial charge on any atom is -0.292 e. The monoisotopic (exact) mass is 359 g/mol. The molecule has 0 fully saturated rings. The lowest BCUT2D eigenvalue weighted by atomic mass is 9.88. The highest BCUT2D eigenvalue weighted by molar-refractivity contribution is 5.90. The van der Waals surface area contributed by atoms with E-state index in [2.05, 4.69) is 53.4 Å². The summed E-state index contributed by atoms with van der Waals surface area (Å²) >= 11 is 0. The Morgan fingerprint density at radius 3 is 2.54 bits per heavy atom. The first-order valence-electron chi connectivity index (χ1n) is 9.82. The van der Waals surface area contributed by atoms with Gasteiger partial charge >= 0.3 is 0 Å². The summed E-state index contributed by atoms with van der Waals surface area (Å²) < 4.78 is 0. The highest BCUT2D eigenvalue weighted by Crippen LogP contribution is 2.51. The largest absolute Gasteiger partial charge is 0.292 e. The highest BCUT2D eigenvalue weighted by Gasteiger charge is 2.34. The molecule has 3 nitrogen and oxygen atoms in total. The second kappa shape index (κ2) is 5.08. The molecule has 1 aliphatic carbocycles. The summed E-state index contributed by atoms with van der Waals surface area (Å²) in [5.74, 6) is 1.05. The van der Waals surface area contributed by atoms with Gasteiger partial charge in [0.1, 0.15) is 5.82 Å². The summed E-state index contributed by atoms with van der Waals surface area (Å²) in [5, 5.41) is 0. The van der Waals surface area contributed by atoms with Gasteiger partial charge in [0, 0.05) is 30.8 Å². The Balaban J connectivity index is 1.53. The average molecular weight is 359 g/mol. The van der Waals surface area contributed by atoms with E-state index < -0.39 is 0 Å². The third kappa shape index (κ3) is 1.79. The fourth-order valence-corrected chi connectivity index (χ4v) is 5.16. The van der Waals surface area contributed by atoms with Gasteiger partial charge in [-0.05, 0) is 58.0 Å². The number of anilines is 3. The van der Waals surface area contributed by atoms with Gasteiger partial charge in [0.15, 0.2) is 0 Å². The quantitative estimate of drug-likeness (QED) is 0.367. The first kappa shape index (κ1) is 14.6. The maximum absolute atomic E-state index is 4.78. The van der Waals surface area contributed by atoms with Gasteiger partial charge in [0.25, 0.3) is 0 Å². The number of benzene rings is 2. The molecule has 0 amide bonds. The van der Waals surface area contributed by atoms with Crippen molar-refractivity contribution in [2.75, 3.05) is 4.90 Å². The van der Waals surface area contributed by atoms with Crippen LogP contribution in [0.15, 0.2) is 67.0 Å². The van der Waals surface area contributed by atoms with Crippen LogP contribution in [0, 0.1) is 0 Å². The van der Waals surface area contributed by atoms with Crippen LogP contribution in [0.1, 0.15) is 33.5 Å². The van der Waals surface area contributed by atoms with E-state index in [4.69, 9.17) is 9.97 Å². The number of pyridine rings is 2. The van der Waals surface area contributed by atoms with Crippen LogP contribution in [-0.2, 0) is 19.3 Å². The van der Waals surface area contributed by atoms with E-state index in [-0.39, 0.29) is 0 Å². The number of aromatic nitrogens is 2. The smallest absolute Gasteiger partial charge is 0.141 e. The SMILES string of the molecule is c1ccc2c(c1)Cc1cc3c(cc1-2)N1c2ncccc2Cc2nccc(c21)C3. The van der Waals surface area contributed by atoms with Crippen molar-refractivity contribution in [1.29, 1.82) is 0 Å². The zero-order valence-corrected chi connectivity index (χ0v) is 15.3. The molecular formula is C25H17N3. The van der Waals surface area contributed by atoms with Crippen LogP contribution >= 0.6 is 0 Å². The van der Waals surface area contributed by atoms with E-state index in [9.17, 15) is 0 Å². The Kier molecular flexibility index (Phi) is 2.64. The lowest BCUT2D eigenvalue weighted by Gasteiger charge is -2.38. The topological polar surface area (TPSA) is 29.0 Å². The molecule has 4 heterocycles. The van der Waals surface area contributed by atoms with Gasteiger partial charge < -0.3 is 0 Å². The number of hydrogen-bond acceptors (Lipinski definition) is 3. The van der Waals surface area contributed by atoms with Crippen molar-refractivity contribution in [3.05, 3.63) is 101 Å². The highest BCUT2D eigenvalue weighted by atomic mass is 15.2. The Bertz CT molecular complexity index is 1310. The molecule has 2 aliphatic heterocycles.